The molecule has 0 radical (unpaired) electrons. The van der Waals surface area contributed by atoms with E-state index in [0.717, 1.165) is 27.1 Å². The Balaban J connectivity index is 1.88. The van der Waals surface area contributed by atoms with Crippen LogP contribution < -0.4 is 10.6 Å². The molecule has 144 valence electrons. The van der Waals surface area contributed by atoms with E-state index in [4.69, 9.17) is 4.74 Å². The van der Waals surface area contributed by atoms with Gasteiger partial charge in [-0.1, -0.05) is 47.1 Å². The van der Waals surface area contributed by atoms with Crippen molar-refractivity contribution in [1.29, 1.82) is 0 Å². The van der Waals surface area contributed by atoms with Crippen molar-refractivity contribution in [2.24, 2.45) is 11.8 Å². The maximum absolute atomic E-state index is 13.5. The molecule has 0 fully saturated rings. The van der Waals surface area contributed by atoms with Crippen LogP contribution in [0.2, 0.25) is 0 Å². The van der Waals surface area contributed by atoms with Crippen molar-refractivity contribution in [2.45, 2.75) is 19.4 Å². The van der Waals surface area contributed by atoms with Crippen molar-refractivity contribution in [2.75, 3.05) is 17.7 Å². The number of para-hydroxylation sites is 2. The first-order valence-corrected chi connectivity index (χ1v) is 10.0. The number of esters is 1. The molecule has 1 heterocycles. The van der Waals surface area contributed by atoms with E-state index in [-0.39, 0.29) is 17.7 Å². The highest BCUT2D eigenvalue weighted by Gasteiger charge is 2.44. The minimum absolute atomic E-state index is 0.139. The maximum atomic E-state index is 13.5. The number of ketones is 1. The van der Waals surface area contributed by atoms with Gasteiger partial charge in [0.05, 0.1) is 24.5 Å². The highest BCUT2D eigenvalue weighted by atomic mass is 79.9. The molecule has 2 aromatic carbocycles. The van der Waals surface area contributed by atoms with Crippen molar-refractivity contribution in [3.63, 3.8) is 0 Å². The number of fused-ring (bicyclic) bond motifs is 1. The lowest BCUT2D eigenvalue weighted by Crippen LogP contribution is -2.39. The Morgan fingerprint density at radius 1 is 1.14 bits per heavy atom. The highest BCUT2D eigenvalue weighted by molar-refractivity contribution is 9.10. The molecule has 0 amide bonds. The smallest absolute Gasteiger partial charge is 0.316 e. The van der Waals surface area contributed by atoms with Gasteiger partial charge in [-0.05, 0) is 42.2 Å². The SMILES string of the molecule is COC(=O)[C@H]1C(=O)C2=C(C[C@@H]1C)Nc1ccccc1N[C@H]2c1cccc(Br)c1. The number of hydrogen-bond donors (Lipinski definition) is 2. The molecule has 2 aliphatic rings. The summed E-state index contributed by atoms with van der Waals surface area (Å²) >= 11 is 3.52. The molecule has 0 saturated carbocycles. The first-order chi connectivity index (χ1) is 13.5. The summed E-state index contributed by atoms with van der Waals surface area (Å²) in [6, 6.07) is 15.4. The average Bonchev–Trinajstić information content (AvgIpc) is 2.84. The normalized spacial score (nSPS) is 23.7. The molecule has 0 bridgehead atoms. The monoisotopic (exact) mass is 440 g/mol. The number of carbonyl (C=O) groups excluding carboxylic acids is 2. The van der Waals surface area contributed by atoms with Gasteiger partial charge >= 0.3 is 5.97 Å². The number of methoxy groups -OCH3 is 1. The predicted molar refractivity (Wildman–Crippen MR) is 112 cm³/mol. The van der Waals surface area contributed by atoms with Crippen molar-refractivity contribution in [1.82, 2.24) is 0 Å². The standard InChI is InChI=1S/C22H21BrN2O3/c1-12-10-17-19(21(26)18(12)22(27)28-2)20(13-6-5-7-14(23)11-13)25-16-9-4-3-8-15(16)24-17/h3-9,11-12,18,20,24-25H,10H2,1-2H3/t12-,18+,20-/m0/s1. The van der Waals surface area contributed by atoms with Gasteiger partial charge in [-0.2, -0.15) is 0 Å². The van der Waals surface area contributed by atoms with E-state index >= 15 is 0 Å². The fourth-order valence-electron chi connectivity index (χ4n) is 4.07. The van der Waals surface area contributed by atoms with Gasteiger partial charge < -0.3 is 15.4 Å². The van der Waals surface area contributed by atoms with Crippen molar-refractivity contribution in [3.05, 3.63) is 69.8 Å². The topological polar surface area (TPSA) is 67.4 Å². The van der Waals surface area contributed by atoms with Gasteiger partial charge in [0.1, 0.15) is 5.92 Å². The van der Waals surface area contributed by atoms with Crippen LogP contribution in [0.15, 0.2) is 64.3 Å². The predicted octanol–water partition coefficient (Wildman–Crippen LogP) is 4.68. The first-order valence-electron chi connectivity index (χ1n) is 9.22. The molecule has 2 N–H and O–H groups in total. The lowest BCUT2D eigenvalue weighted by Gasteiger charge is -2.32. The Morgan fingerprint density at radius 3 is 2.61 bits per heavy atom. The van der Waals surface area contributed by atoms with Crippen LogP contribution in [-0.4, -0.2) is 18.9 Å². The summed E-state index contributed by atoms with van der Waals surface area (Å²) in [4.78, 5) is 25.8. The van der Waals surface area contributed by atoms with Crippen LogP contribution in [0.25, 0.3) is 0 Å². The van der Waals surface area contributed by atoms with E-state index in [1.807, 2.05) is 55.5 Å². The Bertz CT molecular complexity index is 985. The van der Waals surface area contributed by atoms with E-state index < -0.39 is 11.9 Å². The number of rotatable bonds is 2. The number of ether oxygens (including phenoxy) is 1. The van der Waals surface area contributed by atoms with Crippen LogP contribution in [0.1, 0.15) is 24.9 Å². The lowest BCUT2D eigenvalue weighted by molar-refractivity contribution is -0.151. The minimum atomic E-state index is -0.789. The van der Waals surface area contributed by atoms with Gasteiger partial charge in [0, 0.05) is 15.7 Å². The molecule has 6 heteroatoms. The van der Waals surface area contributed by atoms with Gasteiger partial charge in [-0.25, -0.2) is 0 Å². The number of halogens is 1. The van der Waals surface area contributed by atoms with Gasteiger partial charge in [0.2, 0.25) is 0 Å². The summed E-state index contributed by atoms with van der Waals surface area (Å²) in [5.74, 6) is -1.58. The number of carbonyl (C=O) groups is 2. The van der Waals surface area contributed by atoms with Crippen LogP contribution in [-0.2, 0) is 14.3 Å². The second-order valence-electron chi connectivity index (χ2n) is 7.24. The molecular weight excluding hydrogens is 420 g/mol. The van der Waals surface area contributed by atoms with Crippen LogP contribution in [0.4, 0.5) is 11.4 Å². The zero-order chi connectivity index (χ0) is 19.8. The number of allylic oxidation sites excluding steroid dienone is 1. The zero-order valence-corrected chi connectivity index (χ0v) is 17.2. The van der Waals surface area contributed by atoms with Gasteiger partial charge in [0.25, 0.3) is 0 Å². The van der Waals surface area contributed by atoms with Crippen molar-refractivity contribution in [3.8, 4) is 0 Å². The van der Waals surface area contributed by atoms with Crippen molar-refractivity contribution >= 4 is 39.1 Å². The molecule has 28 heavy (non-hydrogen) atoms. The van der Waals surface area contributed by atoms with E-state index in [1.54, 1.807) is 0 Å². The Labute approximate surface area is 172 Å². The first kappa shape index (κ1) is 18.7. The molecule has 4 rings (SSSR count). The van der Waals surface area contributed by atoms with Crippen LogP contribution in [0.3, 0.4) is 0 Å². The second-order valence-corrected chi connectivity index (χ2v) is 8.16. The summed E-state index contributed by atoms with van der Waals surface area (Å²) in [5, 5.41) is 6.96. The molecule has 0 unspecified atom stereocenters. The fourth-order valence-corrected chi connectivity index (χ4v) is 4.49. The second kappa shape index (κ2) is 7.43. The van der Waals surface area contributed by atoms with E-state index in [0.29, 0.717) is 12.0 Å². The summed E-state index contributed by atoms with van der Waals surface area (Å²) in [6.07, 6.45) is 0.599. The third-order valence-electron chi connectivity index (χ3n) is 5.41. The number of nitrogens with one attached hydrogen (secondary N) is 2. The molecule has 0 saturated heterocycles. The van der Waals surface area contributed by atoms with Gasteiger partial charge in [0.15, 0.2) is 5.78 Å². The molecule has 0 aromatic heterocycles. The van der Waals surface area contributed by atoms with E-state index in [1.165, 1.54) is 7.11 Å². The summed E-state index contributed by atoms with van der Waals surface area (Å²) < 4.78 is 5.86. The lowest BCUT2D eigenvalue weighted by atomic mass is 9.75. The molecule has 1 aliphatic heterocycles. The maximum Gasteiger partial charge on any atom is 0.316 e. The largest absolute Gasteiger partial charge is 0.468 e. The quantitative estimate of drug-likeness (QED) is 0.524. The summed E-state index contributed by atoms with van der Waals surface area (Å²) in [6.45, 7) is 1.92. The Hall–Kier alpha value is -2.60. The van der Waals surface area contributed by atoms with Crippen LogP contribution >= 0.6 is 15.9 Å². The van der Waals surface area contributed by atoms with Crippen LogP contribution in [0, 0.1) is 11.8 Å². The molecule has 3 atom stereocenters. The minimum Gasteiger partial charge on any atom is -0.468 e. The number of benzene rings is 2. The summed E-state index contributed by atoms with van der Waals surface area (Å²) in [7, 11) is 1.33. The zero-order valence-electron chi connectivity index (χ0n) is 15.7. The highest BCUT2D eigenvalue weighted by Crippen LogP contribution is 2.43. The third kappa shape index (κ3) is 3.22. The Morgan fingerprint density at radius 2 is 1.89 bits per heavy atom. The molecule has 1 aliphatic carbocycles. The van der Waals surface area contributed by atoms with Gasteiger partial charge in [-0.3, -0.25) is 9.59 Å². The van der Waals surface area contributed by atoms with Crippen molar-refractivity contribution < 1.29 is 14.3 Å². The fraction of sp³-hybridized carbons (Fsp3) is 0.273. The molecule has 0 spiro atoms. The van der Waals surface area contributed by atoms with Crippen LogP contribution in [0.5, 0.6) is 0 Å². The van der Waals surface area contributed by atoms with Gasteiger partial charge in [-0.15, -0.1) is 0 Å². The number of anilines is 2. The van der Waals surface area contributed by atoms with E-state index in [9.17, 15) is 9.59 Å². The Kier molecular flexibility index (Phi) is 4.98. The molecule has 5 nitrogen and oxygen atoms in total. The number of hydrogen-bond acceptors (Lipinski definition) is 5. The summed E-state index contributed by atoms with van der Waals surface area (Å²) in [5.41, 5.74) is 4.25. The average molecular weight is 441 g/mol. The van der Waals surface area contributed by atoms with E-state index in [2.05, 4.69) is 26.6 Å². The molecular formula is C22H21BrN2O3. The third-order valence-corrected chi connectivity index (χ3v) is 5.90. The number of Topliss-reactive ketones (excluding diaryl/α,β-unsaturated/α-hetero) is 1. The molecule has 2 aromatic rings.